The van der Waals surface area contributed by atoms with Gasteiger partial charge in [-0.1, -0.05) is 91.3 Å². The van der Waals surface area contributed by atoms with E-state index in [-0.39, 0.29) is 11.3 Å². The van der Waals surface area contributed by atoms with E-state index in [2.05, 4.69) is 66.3 Å². The lowest BCUT2D eigenvalue weighted by Crippen LogP contribution is -2.23. The molecule has 4 rings (SSSR count). The fourth-order valence-corrected chi connectivity index (χ4v) is 3.91. The summed E-state index contributed by atoms with van der Waals surface area (Å²) < 4.78 is 0.918. The molecule has 0 spiro atoms. The Morgan fingerprint density at radius 3 is 2.32 bits per heavy atom. The normalized spacial score (nSPS) is 11.5. The van der Waals surface area contributed by atoms with Gasteiger partial charge in [-0.05, 0) is 40.8 Å². The van der Waals surface area contributed by atoms with Crippen molar-refractivity contribution in [3.05, 3.63) is 100 Å². The van der Waals surface area contributed by atoms with E-state index in [9.17, 15) is 4.79 Å². The Morgan fingerprint density at radius 1 is 0.935 bits per heavy atom. The number of nitrogens with one attached hydrogen (secondary N) is 1. The summed E-state index contributed by atoms with van der Waals surface area (Å²) in [6.07, 6.45) is 0. The summed E-state index contributed by atoms with van der Waals surface area (Å²) >= 11 is 3.52. The monoisotopic (exact) mass is 472 g/mol. The van der Waals surface area contributed by atoms with E-state index >= 15 is 0 Å². The van der Waals surface area contributed by atoms with Crippen LogP contribution in [0.15, 0.2) is 83.3 Å². The Balaban J connectivity index is 1.73. The molecule has 156 valence electrons. The third-order valence-corrected chi connectivity index (χ3v) is 5.85. The summed E-state index contributed by atoms with van der Waals surface area (Å²) in [4.78, 5) is 18.0. The van der Waals surface area contributed by atoms with Gasteiger partial charge < -0.3 is 5.32 Å². The van der Waals surface area contributed by atoms with Crippen LogP contribution in [0, 0.1) is 0 Å². The van der Waals surface area contributed by atoms with Crippen molar-refractivity contribution in [3.8, 4) is 11.3 Å². The summed E-state index contributed by atoms with van der Waals surface area (Å²) in [5, 5.41) is 3.88. The zero-order valence-electron chi connectivity index (χ0n) is 17.9. The van der Waals surface area contributed by atoms with Crippen molar-refractivity contribution < 1.29 is 4.79 Å². The van der Waals surface area contributed by atoms with Crippen LogP contribution in [0.25, 0.3) is 22.2 Å². The van der Waals surface area contributed by atoms with Crippen molar-refractivity contribution >= 4 is 32.7 Å². The first kappa shape index (κ1) is 21.3. The van der Waals surface area contributed by atoms with Crippen LogP contribution < -0.4 is 5.32 Å². The van der Waals surface area contributed by atoms with Crippen molar-refractivity contribution in [2.45, 2.75) is 32.7 Å². The van der Waals surface area contributed by atoms with Crippen molar-refractivity contribution in [3.63, 3.8) is 0 Å². The number of benzene rings is 3. The first-order valence-corrected chi connectivity index (χ1v) is 11.1. The van der Waals surface area contributed by atoms with Crippen molar-refractivity contribution in [2.75, 3.05) is 0 Å². The lowest BCUT2D eigenvalue weighted by molar-refractivity contribution is 0.0952. The van der Waals surface area contributed by atoms with Gasteiger partial charge in [-0.2, -0.15) is 0 Å². The highest BCUT2D eigenvalue weighted by Crippen LogP contribution is 2.29. The highest BCUT2D eigenvalue weighted by Gasteiger charge is 2.16. The van der Waals surface area contributed by atoms with Gasteiger partial charge in [0.15, 0.2) is 0 Å². The number of carbonyl (C=O) groups excluding carboxylic acids is 1. The topological polar surface area (TPSA) is 42.0 Å². The molecule has 0 radical (unpaired) electrons. The summed E-state index contributed by atoms with van der Waals surface area (Å²) in [7, 11) is 0. The molecule has 1 aromatic heterocycles. The highest BCUT2D eigenvalue weighted by molar-refractivity contribution is 9.10. The number of pyridine rings is 1. The van der Waals surface area contributed by atoms with E-state index in [1.54, 1.807) is 0 Å². The van der Waals surface area contributed by atoms with Crippen LogP contribution in [0.3, 0.4) is 0 Å². The third-order valence-electron chi connectivity index (χ3n) is 5.36. The molecule has 1 heterocycles. The second-order valence-corrected chi connectivity index (χ2v) is 9.63. The van der Waals surface area contributed by atoms with E-state index in [1.807, 2.05) is 54.6 Å². The number of rotatable bonds is 4. The molecule has 0 aliphatic heterocycles. The van der Waals surface area contributed by atoms with Crippen LogP contribution in [0.5, 0.6) is 0 Å². The molecule has 3 nitrogen and oxygen atoms in total. The number of hydrogen-bond donors (Lipinski definition) is 1. The van der Waals surface area contributed by atoms with Gasteiger partial charge in [0.2, 0.25) is 0 Å². The molecule has 0 fully saturated rings. The van der Waals surface area contributed by atoms with E-state index < -0.39 is 0 Å². The molecule has 0 saturated heterocycles. The lowest BCUT2D eigenvalue weighted by Gasteiger charge is -2.19. The minimum Gasteiger partial charge on any atom is -0.348 e. The fourth-order valence-electron chi connectivity index (χ4n) is 3.55. The number of nitrogens with zero attached hydrogens (tertiary/aromatic N) is 1. The van der Waals surface area contributed by atoms with E-state index in [4.69, 9.17) is 4.98 Å². The molecule has 0 aliphatic carbocycles. The van der Waals surface area contributed by atoms with E-state index in [1.165, 1.54) is 5.56 Å². The molecule has 31 heavy (non-hydrogen) atoms. The zero-order chi connectivity index (χ0) is 22.0. The van der Waals surface area contributed by atoms with Gasteiger partial charge in [-0.3, -0.25) is 4.79 Å². The smallest absolute Gasteiger partial charge is 0.252 e. The number of carbonyl (C=O) groups is 1. The van der Waals surface area contributed by atoms with Crippen LogP contribution >= 0.6 is 15.9 Å². The van der Waals surface area contributed by atoms with Crippen LogP contribution in [-0.2, 0) is 12.0 Å². The van der Waals surface area contributed by atoms with Crippen molar-refractivity contribution in [1.29, 1.82) is 0 Å². The highest BCUT2D eigenvalue weighted by atomic mass is 79.9. The average molecular weight is 473 g/mol. The predicted molar refractivity (Wildman–Crippen MR) is 131 cm³/mol. The average Bonchev–Trinajstić information content (AvgIpc) is 2.77. The maximum Gasteiger partial charge on any atom is 0.252 e. The largest absolute Gasteiger partial charge is 0.348 e. The first-order valence-electron chi connectivity index (χ1n) is 10.3. The number of fused-ring (bicyclic) bond motifs is 1. The van der Waals surface area contributed by atoms with Gasteiger partial charge in [0, 0.05) is 22.0 Å². The minimum absolute atomic E-state index is 0.0874. The Hall–Kier alpha value is -2.98. The van der Waals surface area contributed by atoms with Gasteiger partial charge in [-0.25, -0.2) is 4.98 Å². The summed E-state index contributed by atoms with van der Waals surface area (Å²) in [6, 6.07) is 26.1. The number of halogens is 1. The third kappa shape index (κ3) is 4.86. The van der Waals surface area contributed by atoms with Crippen LogP contribution in [0.2, 0.25) is 0 Å². The van der Waals surface area contributed by atoms with E-state index in [0.29, 0.717) is 12.1 Å². The van der Waals surface area contributed by atoms with Crippen LogP contribution in [0.1, 0.15) is 42.3 Å². The molecule has 0 bridgehead atoms. The molecule has 1 N–H and O–H groups in total. The molecule has 0 saturated carbocycles. The number of amides is 1. The molecule has 4 heteroatoms. The van der Waals surface area contributed by atoms with E-state index in [0.717, 1.165) is 32.2 Å². The first-order chi connectivity index (χ1) is 14.8. The standard InChI is InChI=1S/C27H25BrN2O/c1-27(2,3)20-11-9-19(10-12-20)25-16-23(22-15-21(28)13-14-24(22)30-25)26(31)29-17-18-7-5-4-6-8-18/h4-16H,17H2,1-3H3,(H,29,31). The minimum atomic E-state index is -0.109. The Bertz CT molecular complexity index is 1230. The van der Waals surface area contributed by atoms with Gasteiger partial charge in [-0.15, -0.1) is 0 Å². The molecular weight excluding hydrogens is 448 g/mol. The molecule has 1 amide bonds. The molecular formula is C27H25BrN2O. The van der Waals surface area contributed by atoms with Gasteiger partial charge >= 0.3 is 0 Å². The SMILES string of the molecule is CC(C)(C)c1ccc(-c2cc(C(=O)NCc3ccccc3)c3cc(Br)ccc3n2)cc1. The second kappa shape index (κ2) is 8.64. The Labute approximate surface area is 191 Å². The van der Waals surface area contributed by atoms with Crippen LogP contribution in [-0.4, -0.2) is 10.9 Å². The molecule has 4 aromatic rings. The summed E-state index contributed by atoms with van der Waals surface area (Å²) in [5.41, 5.74) is 5.62. The molecule has 0 unspecified atom stereocenters. The quantitative estimate of drug-likeness (QED) is 0.351. The molecule has 0 aliphatic rings. The molecule has 0 atom stereocenters. The lowest BCUT2D eigenvalue weighted by atomic mass is 9.86. The maximum atomic E-state index is 13.2. The Kier molecular flexibility index (Phi) is 5.92. The van der Waals surface area contributed by atoms with Gasteiger partial charge in [0.05, 0.1) is 16.8 Å². The second-order valence-electron chi connectivity index (χ2n) is 8.71. The fraction of sp³-hybridized carbons (Fsp3) is 0.185. The Morgan fingerprint density at radius 2 is 1.65 bits per heavy atom. The van der Waals surface area contributed by atoms with Crippen molar-refractivity contribution in [2.24, 2.45) is 0 Å². The number of hydrogen-bond acceptors (Lipinski definition) is 2. The van der Waals surface area contributed by atoms with Gasteiger partial charge in [0.1, 0.15) is 0 Å². The summed E-state index contributed by atoms with van der Waals surface area (Å²) in [6.45, 7) is 7.07. The number of aromatic nitrogens is 1. The molecule has 3 aromatic carbocycles. The van der Waals surface area contributed by atoms with Gasteiger partial charge in [0.25, 0.3) is 5.91 Å². The van der Waals surface area contributed by atoms with Crippen molar-refractivity contribution in [1.82, 2.24) is 10.3 Å². The predicted octanol–water partition coefficient (Wildman–Crippen LogP) is 6.89. The summed E-state index contributed by atoms with van der Waals surface area (Å²) in [5.74, 6) is -0.109. The van der Waals surface area contributed by atoms with Crippen LogP contribution in [0.4, 0.5) is 0 Å². The maximum absolute atomic E-state index is 13.2. The zero-order valence-corrected chi connectivity index (χ0v) is 19.5.